The summed E-state index contributed by atoms with van der Waals surface area (Å²) in [4.78, 5) is 28.7. The molecule has 0 unspecified atom stereocenters. The van der Waals surface area contributed by atoms with E-state index in [1.807, 2.05) is 0 Å². The fraction of sp³-hybridized carbons (Fsp3) is 0.375. The third-order valence-corrected chi connectivity index (χ3v) is 9.56. The number of nitrogens with one attached hydrogen (secondary N) is 1. The van der Waals surface area contributed by atoms with Gasteiger partial charge < -0.3 is 15.0 Å². The minimum atomic E-state index is -4.32. The molecule has 0 aliphatic heterocycles. The van der Waals surface area contributed by atoms with Crippen LogP contribution in [0.2, 0.25) is 5.02 Å². The van der Waals surface area contributed by atoms with Gasteiger partial charge in [-0.3, -0.25) is 13.9 Å². The van der Waals surface area contributed by atoms with Gasteiger partial charge in [-0.1, -0.05) is 61.2 Å². The van der Waals surface area contributed by atoms with Gasteiger partial charge in [0.25, 0.3) is 10.0 Å². The number of anilines is 1. The molecule has 2 amide bonds. The zero-order chi connectivity index (χ0) is 31.0. The normalized spacial score (nSPS) is 14.5. The number of hydrogen-bond donors (Lipinski definition) is 1. The summed E-state index contributed by atoms with van der Waals surface area (Å²) in [5, 5.41) is 3.39. The highest BCUT2D eigenvalue weighted by molar-refractivity contribution is 7.92. The molecule has 11 heteroatoms. The van der Waals surface area contributed by atoms with Crippen LogP contribution in [0.5, 0.6) is 5.75 Å². The molecule has 1 saturated carbocycles. The molecule has 0 bridgehead atoms. The van der Waals surface area contributed by atoms with Crippen LogP contribution in [0, 0.1) is 5.82 Å². The smallest absolute Gasteiger partial charge is 0.264 e. The van der Waals surface area contributed by atoms with Crippen molar-refractivity contribution in [1.82, 2.24) is 10.2 Å². The van der Waals surface area contributed by atoms with Gasteiger partial charge in [0.2, 0.25) is 11.8 Å². The second kappa shape index (κ2) is 14.7. The minimum absolute atomic E-state index is 0.00559. The number of hydrogen-bond acceptors (Lipinski definition) is 5. The van der Waals surface area contributed by atoms with Crippen LogP contribution in [-0.4, -0.2) is 50.4 Å². The molecular weight excluding hydrogens is 593 g/mol. The van der Waals surface area contributed by atoms with E-state index in [9.17, 15) is 22.4 Å². The van der Waals surface area contributed by atoms with Gasteiger partial charge in [0.1, 0.15) is 24.2 Å². The first-order chi connectivity index (χ1) is 20.6. The molecule has 1 fully saturated rings. The molecule has 1 atom stereocenters. The number of rotatable bonds is 12. The SMILES string of the molecule is CCOc1ccccc1N(CC(=O)N(Cc1ccccc1F)[C@@H](C)C(=O)NC1CCCCC1)S(=O)(=O)c1ccc(Cl)cc1. The van der Waals surface area contributed by atoms with Crippen LogP contribution < -0.4 is 14.4 Å². The Morgan fingerprint density at radius 1 is 1.00 bits per heavy atom. The van der Waals surface area contributed by atoms with Crippen LogP contribution in [0.25, 0.3) is 0 Å². The van der Waals surface area contributed by atoms with Crippen molar-refractivity contribution in [2.45, 2.75) is 69.5 Å². The van der Waals surface area contributed by atoms with Gasteiger partial charge in [-0.15, -0.1) is 0 Å². The number of amides is 2. The Bertz CT molecular complexity index is 1510. The van der Waals surface area contributed by atoms with Crippen LogP contribution in [0.15, 0.2) is 77.7 Å². The fourth-order valence-corrected chi connectivity index (χ4v) is 6.70. The lowest BCUT2D eigenvalue weighted by Crippen LogP contribution is -2.53. The maximum absolute atomic E-state index is 14.8. The van der Waals surface area contributed by atoms with Gasteiger partial charge in [-0.2, -0.15) is 0 Å². The summed E-state index contributed by atoms with van der Waals surface area (Å²) < 4.78 is 49.6. The summed E-state index contributed by atoms with van der Waals surface area (Å²) >= 11 is 6.02. The van der Waals surface area contributed by atoms with E-state index in [1.54, 1.807) is 44.2 Å². The van der Waals surface area contributed by atoms with Crippen molar-refractivity contribution in [3.8, 4) is 5.75 Å². The molecule has 4 rings (SSSR count). The summed E-state index contributed by atoms with van der Waals surface area (Å²) in [7, 11) is -4.32. The molecule has 0 spiro atoms. The molecule has 3 aromatic carbocycles. The Morgan fingerprint density at radius 2 is 1.65 bits per heavy atom. The number of halogens is 2. The number of para-hydroxylation sites is 2. The number of carbonyl (C=O) groups excluding carboxylic acids is 2. The van der Waals surface area contributed by atoms with E-state index in [0.717, 1.165) is 36.4 Å². The predicted molar refractivity (Wildman–Crippen MR) is 165 cm³/mol. The number of nitrogens with zero attached hydrogens (tertiary/aromatic N) is 2. The van der Waals surface area contributed by atoms with Crippen molar-refractivity contribution in [1.29, 1.82) is 0 Å². The van der Waals surface area contributed by atoms with E-state index in [1.165, 1.54) is 47.4 Å². The lowest BCUT2D eigenvalue weighted by molar-refractivity contribution is -0.139. The molecule has 0 heterocycles. The fourth-order valence-electron chi connectivity index (χ4n) is 5.15. The van der Waals surface area contributed by atoms with Crippen LogP contribution >= 0.6 is 11.6 Å². The Morgan fingerprint density at radius 3 is 2.33 bits per heavy atom. The standard InChI is InChI=1S/C32H37ClFN3O5S/c1-3-42-30-16-10-9-15-29(30)37(43(40,41)27-19-17-25(33)18-20-27)22-31(38)36(21-24-11-7-8-14-28(24)34)23(2)32(39)35-26-12-5-4-6-13-26/h7-11,14-20,23,26H,3-6,12-13,21-22H2,1-2H3,(H,35,39)/t23-/m0/s1. The molecule has 1 aliphatic carbocycles. The van der Waals surface area contributed by atoms with Crippen molar-refractivity contribution in [2.24, 2.45) is 0 Å². The molecule has 1 N–H and O–H groups in total. The van der Waals surface area contributed by atoms with Crippen LogP contribution in [0.3, 0.4) is 0 Å². The Balaban J connectivity index is 1.72. The molecule has 0 radical (unpaired) electrons. The Kier molecular flexibility index (Phi) is 11.0. The zero-order valence-corrected chi connectivity index (χ0v) is 25.9. The van der Waals surface area contributed by atoms with E-state index in [0.29, 0.717) is 5.02 Å². The lowest BCUT2D eigenvalue weighted by Gasteiger charge is -2.33. The molecule has 3 aromatic rings. The van der Waals surface area contributed by atoms with Crippen molar-refractivity contribution < 1.29 is 27.1 Å². The second-order valence-electron chi connectivity index (χ2n) is 10.5. The first kappa shape index (κ1) is 32.3. The van der Waals surface area contributed by atoms with E-state index in [4.69, 9.17) is 16.3 Å². The van der Waals surface area contributed by atoms with Crippen molar-refractivity contribution in [3.63, 3.8) is 0 Å². The summed E-state index contributed by atoms with van der Waals surface area (Å²) in [6.07, 6.45) is 4.82. The monoisotopic (exact) mass is 629 g/mol. The van der Waals surface area contributed by atoms with Gasteiger partial charge in [-0.05, 0) is 69.2 Å². The quantitative estimate of drug-likeness (QED) is 0.268. The highest BCUT2D eigenvalue weighted by Crippen LogP contribution is 2.33. The maximum atomic E-state index is 14.8. The maximum Gasteiger partial charge on any atom is 0.264 e. The minimum Gasteiger partial charge on any atom is -0.492 e. The Labute approximate surface area is 257 Å². The van der Waals surface area contributed by atoms with Crippen LogP contribution in [0.1, 0.15) is 51.5 Å². The predicted octanol–water partition coefficient (Wildman–Crippen LogP) is 5.94. The average Bonchev–Trinajstić information content (AvgIpc) is 3.00. The molecule has 230 valence electrons. The van der Waals surface area contributed by atoms with Crippen molar-refractivity contribution in [2.75, 3.05) is 17.5 Å². The molecular formula is C32H37ClFN3O5S. The van der Waals surface area contributed by atoms with E-state index < -0.39 is 34.3 Å². The summed E-state index contributed by atoms with van der Waals surface area (Å²) in [6, 6.07) is 17.1. The van der Waals surface area contributed by atoms with E-state index in [-0.39, 0.29) is 47.0 Å². The first-order valence-corrected chi connectivity index (χ1v) is 16.3. The van der Waals surface area contributed by atoms with Gasteiger partial charge >= 0.3 is 0 Å². The van der Waals surface area contributed by atoms with Gasteiger partial charge in [0.15, 0.2) is 0 Å². The van der Waals surface area contributed by atoms with Gasteiger partial charge in [-0.25, -0.2) is 12.8 Å². The molecule has 0 saturated heterocycles. The first-order valence-electron chi connectivity index (χ1n) is 14.4. The third kappa shape index (κ3) is 8.06. The van der Waals surface area contributed by atoms with Crippen molar-refractivity contribution in [3.05, 3.63) is 89.2 Å². The summed E-state index contributed by atoms with van der Waals surface area (Å²) in [5.74, 6) is -1.33. The number of benzene rings is 3. The zero-order valence-electron chi connectivity index (χ0n) is 24.3. The summed E-state index contributed by atoms with van der Waals surface area (Å²) in [6.45, 7) is 2.71. The molecule has 1 aliphatic rings. The van der Waals surface area contributed by atoms with Crippen molar-refractivity contribution >= 4 is 39.1 Å². The topological polar surface area (TPSA) is 96.0 Å². The van der Waals surface area contributed by atoms with Gasteiger partial charge in [0.05, 0.1) is 17.2 Å². The van der Waals surface area contributed by atoms with E-state index >= 15 is 0 Å². The molecule has 0 aromatic heterocycles. The molecule has 8 nitrogen and oxygen atoms in total. The van der Waals surface area contributed by atoms with Crippen LogP contribution in [-0.2, 0) is 26.2 Å². The van der Waals surface area contributed by atoms with Gasteiger partial charge in [0, 0.05) is 23.2 Å². The largest absolute Gasteiger partial charge is 0.492 e. The Hall–Kier alpha value is -3.63. The number of sulfonamides is 1. The lowest BCUT2D eigenvalue weighted by atomic mass is 9.95. The highest BCUT2D eigenvalue weighted by atomic mass is 35.5. The third-order valence-electron chi connectivity index (χ3n) is 7.53. The second-order valence-corrected chi connectivity index (χ2v) is 12.8. The molecule has 43 heavy (non-hydrogen) atoms. The van der Waals surface area contributed by atoms with E-state index in [2.05, 4.69) is 5.32 Å². The summed E-state index contributed by atoms with van der Waals surface area (Å²) in [5.41, 5.74) is 0.354. The number of carbonyl (C=O) groups is 2. The van der Waals surface area contributed by atoms with Crippen LogP contribution in [0.4, 0.5) is 10.1 Å². The average molecular weight is 630 g/mol. The number of ether oxygens (including phenoxy) is 1. The highest BCUT2D eigenvalue weighted by Gasteiger charge is 2.34.